The van der Waals surface area contributed by atoms with Crippen molar-refractivity contribution in [2.45, 2.75) is 13.3 Å². The molecular formula is C22H29N7O. The van der Waals surface area contributed by atoms with E-state index < -0.39 is 0 Å². The zero-order valence-corrected chi connectivity index (χ0v) is 17.7. The number of hydrogen-bond donors (Lipinski definition) is 1. The third-order valence-corrected chi connectivity index (χ3v) is 5.32. The lowest BCUT2D eigenvalue weighted by molar-refractivity contribution is 0.367. The molecule has 30 heavy (non-hydrogen) atoms. The van der Waals surface area contributed by atoms with Crippen molar-refractivity contribution in [3.8, 4) is 5.75 Å². The number of hydrogen-bond acceptors (Lipinski definition) is 5. The number of aliphatic imine (C=N–C) groups is 1. The number of pyridine rings is 1. The molecule has 1 saturated heterocycles. The molecule has 0 amide bonds. The average Bonchev–Trinajstić information content (AvgIpc) is 3.22. The van der Waals surface area contributed by atoms with E-state index in [0.717, 1.165) is 68.0 Å². The summed E-state index contributed by atoms with van der Waals surface area (Å²) in [4.78, 5) is 9.56. The average molecular weight is 408 g/mol. The number of para-hydroxylation sites is 2. The molecular weight excluding hydrogens is 378 g/mol. The van der Waals surface area contributed by atoms with E-state index in [0.29, 0.717) is 6.54 Å². The highest BCUT2D eigenvalue weighted by atomic mass is 16.5. The van der Waals surface area contributed by atoms with Crippen molar-refractivity contribution in [2.75, 3.05) is 51.3 Å². The standard InChI is InChI=1S/C22H29N7O/c1-3-23-22(24-12-11-21-26-25-20-10-6-7-13-29(20)21)28-16-14-27(15-17-28)18-8-4-5-9-19(18)30-2/h4-10,13H,3,11-12,14-17H2,1-2H3,(H,23,24). The van der Waals surface area contributed by atoms with Gasteiger partial charge in [-0.15, -0.1) is 10.2 Å². The van der Waals surface area contributed by atoms with E-state index in [1.807, 2.05) is 40.9 Å². The van der Waals surface area contributed by atoms with Crippen LogP contribution in [0.4, 0.5) is 5.69 Å². The van der Waals surface area contributed by atoms with Crippen molar-refractivity contribution >= 4 is 17.3 Å². The summed E-state index contributed by atoms with van der Waals surface area (Å²) < 4.78 is 7.55. The molecule has 0 aliphatic carbocycles. The van der Waals surface area contributed by atoms with Gasteiger partial charge in [0.2, 0.25) is 0 Å². The van der Waals surface area contributed by atoms with E-state index >= 15 is 0 Å². The Bertz CT molecular complexity index is 992. The van der Waals surface area contributed by atoms with Crippen LogP contribution in [0.1, 0.15) is 12.7 Å². The Labute approximate surface area is 177 Å². The fraction of sp³-hybridized carbons (Fsp3) is 0.409. The second-order valence-corrected chi connectivity index (χ2v) is 7.18. The van der Waals surface area contributed by atoms with Crippen LogP contribution < -0.4 is 15.0 Å². The Morgan fingerprint density at radius 1 is 1.07 bits per heavy atom. The first-order valence-electron chi connectivity index (χ1n) is 10.5. The normalized spacial score (nSPS) is 14.9. The van der Waals surface area contributed by atoms with Crippen LogP contribution in [0.3, 0.4) is 0 Å². The summed E-state index contributed by atoms with van der Waals surface area (Å²) in [5, 5.41) is 12.0. The molecule has 0 bridgehead atoms. The molecule has 2 aromatic heterocycles. The number of guanidine groups is 1. The number of piperazine rings is 1. The van der Waals surface area contributed by atoms with Gasteiger partial charge in [-0.05, 0) is 31.2 Å². The number of fused-ring (bicyclic) bond motifs is 1. The molecule has 0 unspecified atom stereocenters. The first-order valence-corrected chi connectivity index (χ1v) is 10.5. The summed E-state index contributed by atoms with van der Waals surface area (Å²) in [6.07, 6.45) is 2.75. The Hall–Kier alpha value is -3.29. The summed E-state index contributed by atoms with van der Waals surface area (Å²) in [5.41, 5.74) is 2.02. The molecule has 158 valence electrons. The molecule has 1 fully saturated rings. The topological polar surface area (TPSA) is 70.3 Å². The molecule has 4 rings (SSSR count). The lowest BCUT2D eigenvalue weighted by Crippen LogP contribution is -2.52. The molecule has 1 aromatic carbocycles. The van der Waals surface area contributed by atoms with E-state index in [-0.39, 0.29) is 0 Å². The fourth-order valence-electron chi connectivity index (χ4n) is 3.80. The predicted octanol–water partition coefficient (Wildman–Crippen LogP) is 2.07. The third-order valence-electron chi connectivity index (χ3n) is 5.32. The highest BCUT2D eigenvalue weighted by Gasteiger charge is 2.21. The minimum absolute atomic E-state index is 0.671. The largest absolute Gasteiger partial charge is 0.495 e. The number of methoxy groups -OCH3 is 1. The smallest absolute Gasteiger partial charge is 0.194 e. The second-order valence-electron chi connectivity index (χ2n) is 7.18. The molecule has 0 saturated carbocycles. The summed E-state index contributed by atoms with van der Waals surface area (Å²) in [7, 11) is 1.73. The monoisotopic (exact) mass is 407 g/mol. The van der Waals surface area contributed by atoms with Crippen LogP contribution in [-0.2, 0) is 6.42 Å². The Kier molecular flexibility index (Phi) is 6.32. The van der Waals surface area contributed by atoms with Gasteiger partial charge >= 0.3 is 0 Å². The zero-order valence-electron chi connectivity index (χ0n) is 17.7. The van der Waals surface area contributed by atoms with E-state index in [9.17, 15) is 0 Å². The lowest BCUT2D eigenvalue weighted by atomic mass is 10.2. The Balaban J connectivity index is 1.38. The molecule has 0 atom stereocenters. The third kappa shape index (κ3) is 4.32. The molecule has 0 radical (unpaired) electrons. The lowest BCUT2D eigenvalue weighted by Gasteiger charge is -2.38. The maximum absolute atomic E-state index is 5.53. The predicted molar refractivity (Wildman–Crippen MR) is 119 cm³/mol. The molecule has 3 aromatic rings. The minimum atomic E-state index is 0.671. The van der Waals surface area contributed by atoms with Crippen molar-refractivity contribution in [1.82, 2.24) is 24.8 Å². The summed E-state index contributed by atoms with van der Waals surface area (Å²) >= 11 is 0. The summed E-state index contributed by atoms with van der Waals surface area (Å²) in [6.45, 7) is 7.31. The number of benzene rings is 1. The van der Waals surface area contributed by atoms with Crippen molar-refractivity contribution in [2.24, 2.45) is 4.99 Å². The van der Waals surface area contributed by atoms with Crippen LogP contribution in [0.2, 0.25) is 0 Å². The quantitative estimate of drug-likeness (QED) is 0.498. The van der Waals surface area contributed by atoms with Crippen LogP contribution >= 0.6 is 0 Å². The molecule has 0 spiro atoms. The minimum Gasteiger partial charge on any atom is -0.495 e. The molecule has 1 aliphatic rings. The maximum atomic E-state index is 5.53. The first-order chi connectivity index (χ1) is 14.8. The summed E-state index contributed by atoms with van der Waals surface area (Å²) in [5.74, 6) is 2.82. The van der Waals surface area contributed by atoms with Gasteiger partial charge in [-0.2, -0.15) is 0 Å². The van der Waals surface area contributed by atoms with Crippen LogP contribution in [0, 0.1) is 0 Å². The van der Waals surface area contributed by atoms with E-state index in [1.54, 1.807) is 7.11 Å². The number of ether oxygens (including phenoxy) is 1. The van der Waals surface area contributed by atoms with Gasteiger partial charge < -0.3 is 19.9 Å². The van der Waals surface area contributed by atoms with Crippen molar-refractivity contribution < 1.29 is 4.74 Å². The van der Waals surface area contributed by atoms with Crippen LogP contribution in [0.15, 0.2) is 53.7 Å². The van der Waals surface area contributed by atoms with Gasteiger partial charge in [-0.25, -0.2) is 0 Å². The van der Waals surface area contributed by atoms with Crippen LogP contribution in [-0.4, -0.2) is 71.8 Å². The van der Waals surface area contributed by atoms with Crippen molar-refractivity contribution in [3.63, 3.8) is 0 Å². The van der Waals surface area contributed by atoms with Gasteiger partial charge in [0.15, 0.2) is 11.6 Å². The SMILES string of the molecule is CCNC(=NCCc1nnc2ccccn12)N1CCN(c2ccccc2OC)CC1. The second kappa shape index (κ2) is 9.47. The molecule has 1 N–H and O–H groups in total. The fourth-order valence-corrected chi connectivity index (χ4v) is 3.80. The van der Waals surface area contributed by atoms with Gasteiger partial charge in [-0.1, -0.05) is 18.2 Å². The van der Waals surface area contributed by atoms with Crippen LogP contribution in [0.25, 0.3) is 5.65 Å². The van der Waals surface area contributed by atoms with Crippen molar-refractivity contribution in [1.29, 1.82) is 0 Å². The highest BCUT2D eigenvalue weighted by molar-refractivity contribution is 5.80. The Morgan fingerprint density at radius 2 is 1.87 bits per heavy atom. The van der Waals surface area contributed by atoms with E-state index in [4.69, 9.17) is 9.73 Å². The van der Waals surface area contributed by atoms with Crippen molar-refractivity contribution in [3.05, 3.63) is 54.5 Å². The van der Waals surface area contributed by atoms with E-state index in [1.165, 1.54) is 0 Å². The van der Waals surface area contributed by atoms with Gasteiger partial charge in [0.25, 0.3) is 0 Å². The maximum Gasteiger partial charge on any atom is 0.194 e. The number of nitrogens with one attached hydrogen (secondary N) is 1. The van der Waals surface area contributed by atoms with Gasteiger partial charge in [0.1, 0.15) is 11.6 Å². The molecule has 3 heterocycles. The molecule has 8 heteroatoms. The Morgan fingerprint density at radius 3 is 2.67 bits per heavy atom. The van der Waals surface area contributed by atoms with Gasteiger partial charge in [0.05, 0.1) is 12.8 Å². The van der Waals surface area contributed by atoms with Gasteiger partial charge in [-0.3, -0.25) is 9.39 Å². The molecule has 8 nitrogen and oxygen atoms in total. The summed E-state index contributed by atoms with van der Waals surface area (Å²) in [6, 6.07) is 14.1. The van der Waals surface area contributed by atoms with E-state index in [2.05, 4.69) is 44.4 Å². The number of anilines is 1. The van der Waals surface area contributed by atoms with Crippen LogP contribution in [0.5, 0.6) is 5.75 Å². The molecule has 1 aliphatic heterocycles. The number of rotatable bonds is 6. The first kappa shape index (κ1) is 20.0. The van der Waals surface area contributed by atoms with Gasteiger partial charge in [0, 0.05) is 51.9 Å². The number of aromatic nitrogens is 3. The highest BCUT2D eigenvalue weighted by Crippen LogP contribution is 2.28. The number of nitrogens with zero attached hydrogens (tertiary/aromatic N) is 6. The zero-order chi connectivity index (χ0) is 20.8.